The molecule has 2 amide bonds. The van der Waals surface area contributed by atoms with Crippen LogP contribution in [-0.2, 0) is 6.54 Å². The average Bonchev–Trinajstić information content (AvgIpc) is 2.97. The Morgan fingerprint density at radius 3 is 2.85 bits per heavy atom. The average molecular weight is 336 g/mol. The van der Waals surface area contributed by atoms with Crippen LogP contribution in [0.3, 0.4) is 0 Å². The van der Waals surface area contributed by atoms with Gasteiger partial charge in [0.1, 0.15) is 12.1 Å². The SMILES string of the molecule is C=C(Br)CNC(=O)NCc1ccc(-n2ccnc2)nc1. The lowest BCUT2D eigenvalue weighted by Crippen LogP contribution is -2.35. The normalized spacial score (nSPS) is 10.1. The lowest BCUT2D eigenvalue weighted by molar-refractivity contribution is 0.241. The quantitative estimate of drug-likeness (QED) is 0.877. The summed E-state index contributed by atoms with van der Waals surface area (Å²) in [6.07, 6.45) is 6.92. The van der Waals surface area contributed by atoms with Crippen molar-refractivity contribution in [2.45, 2.75) is 6.54 Å². The number of carbonyl (C=O) groups is 1. The molecule has 0 fully saturated rings. The fourth-order valence-corrected chi connectivity index (χ4v) is 1.63. The smallest absolute Gasteiger partial charge is 0.315 e. The summed E-state index contributed by atoms with van der Waals surface area (Å²) in [7, 11) is 0. The molecule has 0 saturated carbocycles. The number of hydrogen-bond donors (Lipinski definition) is 2. The number of imidazole rings is 1. The minimum absolute atomic E-state index is 0.246. The van der Waals surface area contributed by atoms with Gasteiger partial charge in [-0.25, -0.2) is 14.8 Å². The van der Waals surface area contributed by atoms with Gasteiger partial charge in [-0.3, -0.25) is 4.57 Å². The summed E-state index contributed by atoms with van der Waals surface area (Å²) in [6, 6.07) is 3.53. The third-order valence-electron chi connectivity index (χ3n) is 2.47. The summed E-state index contributed by atoms with van der Waals surface area (Å²) >= 11 is 3.17. The van der Waals surface area contributed by atoms with Crippen molar-refractivity contribution in [2.24, 2.45) is 0 Å². The van der Waals surface area contributed by atoms with Crippen molar-refractivity contribution in [1.29, 1.82) is 0 Å². The van der Waals surface area contributed by atoms with Crippen LogP contribution in [0.1, 0.15) is 5.56 Å². The minimum Gasteiger partial charge on any atom is -0.334 e. The molecule has 0 aliphatic carbocycles. The van der Waals surface area contributed by atoms with E-state index in [-0.39, 0.29) is 6.03 Å². The Bertz CT molecular complexity index is 579. The van der Waals surface area contributed by atoms with Gasteiger partial charge in [-0.1, -0.05) is 28.6 Å². The van der Waals surface area contributed by atoms with Gasteiger partial charge in [0.15, 0.2) is 0 Å². The molecule has 0 spiro atoms. The number of urea groups is 1. The van der Waals surface area contributed by atoms with E-state index >= 15 is 0 Å². The number of rotatable bonds is 5. The van der Waals surface area contributed by atoms with Crippen LogP contribution < -0.4 is 10.6 Å². The lowest BCUT2D eigenvalue weighted by Gasteiger charge is -2.07. The van der Waals surface area contributed by atoms with E-state index in [2.05, 4.69) is 43.1 Å². The zero-order valence-corrected chi connectivity index (χ0v) is 12.3. The van der Waals surface area contributed by atoms with E-state index in [9.17, 15) is 4.79 Å². The molecule has 0 bridgehead atoms. The largest absolute Gasteiger partial charge is 0.334 e. The molecule has 0 radical (unpaired) electrons. The van der Waals surface area contributed by atoms with Crippen LogP contribution in [0.25, 0.3) is 5.82 Å². The van der Waals surface area contributed by atoms with Gasteiger partial charge in [0.25, 0.3) is 0 Å². The van der Waals surface area contributed by atoms with Crippen molar-refractivity contribution in [3.05, 3.63) is 53.7 Å². The highest BCUT2D eigenvalue weighted by molar-refractivity contribution is 9.11. The van der Waals surface area contributed by atoms with Gasteiger partial charge in [0.2, 0.25) is 0 Å². The Hall–Kier alpha value is -2.15. The Kier molecular flexibility index (Phi) is 4.89. The number of hydrogen-bond acceptors (Lipinski definition) is 3. The Balaban J connectivity index is 1.85. The molecule has 6 nitrogen and oxygen atoms in total. The second-order valence-electron chi connectivity index (χ2n) is 4.05. The summed E-state index contributed by atoms with van der Waals surface area (Å²) in [4.78, 5) is 19.7. The second kappa shape index (κ2) is 6.85. The van der Waals surface area contributed by atoms with Crippen molar-refractivity contribution < 1.29 is 4.79 Å². The molecule has 0 unspecified atom stereocenters. The van der Waals surface area contributed by atoms with Crippen molar-refractivity contribution in [2.75, 3.05) is 6.54 Å². The molecule has 2 N–H and O–H groups in total. The van der Waals surface area contributed by atoms with Gasteiger partial charge in [-0.05, 0) is 11.6 Å². The Morgan fingerprint density at radius 2 is 2.25 bits per heavy atom. The van der Waals surface area contributed by atoms with Gasteiger partial charge in [0, 0.05) is 29.6 Å². The zero-order valence-electron chi connectivity index (χ0n) is 10.7. The number of nitrogens with one attached hydrogen (secondary N) is 2. The molecule has 20 heavy (non-hydrogen) atoms. The molecule has 2 aromatic rings. The van der Waals surface area contributed by atoms with Crippen molar-refractivity contribution in [3.63, 3.8) is 0 Å². The fraction of sp³-hybridized carbons (Fsp3) is 0.154. The van der Waals surface area contributed by atoms with E-state index in [1.165, 1.54) is 0 Å². The third-order valence-corrected chi connectivity index (χ3v) is 2.75. The lowest BCUT2D eigenvalue weighted by atomic mass is 10.3. The van der Waals surface area contributed by atoms with E-state index in [0.29, 0.717) is 13.1 Å². The predicted octanol–water partition coefficient (Wildman–Crippen LogP) is 1.98. The molecule has 0 aliphatic heterocycles. The van der Waals surface area contributed by atoms with Crippen LogP contribution in [0.5, 0.6) is 0 Å². The van der Waals surface area contributed by atoms with Gasteiger partial charge in [-0.2, -0.15) is 0 Å². The minimum atomic E-state index is -0.246. The number of carbonyl (C=O) groups excluding carboxylic acids is 1. The molecule has 2 heterocycles. The first-order valence-corrected chi connectivity index (χ1v) is 6.72. The monoisotopic (exact) mass is 335 g/mol. The summed E-state index contributed by atoms with van der Waals surface area (Å²) in [5, 5.41) is 5.39. The van der Waals surface area contributed by atoms with E-state index < -0.39 is 0 Å². The maximum atomic E-state index is 11.5. The molecule has 2 rings (SSSR count). The van der Waals surface area contributed by atoms with Gasteiger partial charge < -0.3 is 10.6 Å². The van der Waals surface area contributed by atoms with Gasteiger partial charge >= 0.3 is 6.03 Å². The summed E-state index contributed by atoms with van der Waals surface area (Å²) in [6.45, 7) is 4.44. The molecule has 2 aromatic heterocycles. The number of pyridine rings is 1. The molecule has 0 atom stereocenters. The van der Waals surface area contributed by atoms with Crippen LogP contribution in [0.2, 0.25) is 0 Å². The highest BCUT2D eigenvalue weighted by atomic mass is 79.9. The molecular weight excluding hydrogens is 322 g/mol. The number of aromatic nitrogens is 3. The molecule has 0 saturated heterocycles. The first-order valence-electron chi connectivity index (χ1n) is 5.93. The first kappa shape index (κ1) is 14.3. The fourth-order valence-electron chi connectivity index (χ4n) is 1.49. The van der Waals surface area contributed by atoms with Crippen LogP contribution in [-0.4, -0.2) is 27.1 Å². The molecule has 0 aromatic carbocycles. The maximum Gasteiger partial charge on any atom is 0.315 e. The molecule has 0 aliphatic rings. The highest BCUT2D eigenvalue weighted by Crippen LogP contribution is 2.05. The summed E-state index contributed by atoms with van der Waals surface area (Å²) in [5.74, 6) is 0.784. The predicted molar refractivity (Wildman–Crippen MR) is 79.7 cm³/mol. The first-order chi connectivity index (χ1) is 9.65. The van der Waals surface area contributed by atoms with E-state index in [1.54, 1.807) is 18.7 Å². The standard InChI is InChI=1S/C13H14BrN5O/c1-10(14)6-17-13(20)18-8-11-2-3-12(16-7-11)19-5-4-15-9-19/h2-5,7,9H,1,6,8H2,(H2,17,18,20). The van der Waals surface area contributed by atoms with Gasteiger partial charge in [-0.15, -0.1) is 0 Å². The maximum absolute atomic E-state index is 11.5. The third kappa shape index (κ3) is 4.20. The van der Waals surface area contributed by atoms with E-state index in [4.69, 9.17) is 0 Å². The Labute approximate surface area is 125 Å². The molecular formula is C13H14BrN5O. The Morgan fingerprint density at radius 1 is 1.40 bits per heavy atom. The number of nitrogens with zero attached hydrogens (tertiary/aromatic N) is 3. The summed E-state index contributed by atoms with van der Waals surface area (Å²) < 4.78 is 2.53. The van der Waals surface area contributed by atoms with Crippen LogP contribution in [0.15, 0.2) is 48.1 Å². The number of amides is 2. The molecule has 7 heteroatoms. The van der Waals surface area contributed by atoms with Crippen molar-refractivity contribution in [1.82, 2.24) is 25.2 Å². The van der Waals surface area contributed by atoms with Crippen molar-refractivity contribution >= 4 is 22.0 Å². The second-order valence-corrected chi connectivity index (χ2v) is 5.17. The van der Waals surface area contributed by atoms with Gasteiger partial charge in [0.05, 0.1) is 6.54 Å². The van der Waals surface area contributed by atoms with Crippen molar-refractivity contribution in [3.8, 4) is 5.82 Å². The van der Waals surface area contributed by atoms with Crippen LogP contribution >= 0.6 is 15.9 Å². The number of halogens is 1. The molecule has 104 valence electrons. The van der Waals surface area contributed by atoms with Crippen LogP contribution in [0.4, 0.5) is 4.79 Å². The van der Waals surface area contributed by atoms with E-state index in [0.717, 1.165) is 15.9 Å². The van der Waals surface area contributed by atoms with E-state index in [1.807, 2.05) is 22.9 Å². The van der Waals surface area contributed by atoms with Crippen LogP contribution in [0, 0.1) is 0 Å². The topological polar surface area (TPSA) is 71.8 Å². The summed E-state index contributed by atoms with van der Waals surface area (Å²) in [5.41, 5.74) is 0.918. The highest BCUT2D eigenvalue weighted by Gasteiger charge is 2.01. The zero-order chi connectivity index (χ0) is 14.4.